The molecular weight excluding hydrogens is 691 g/mol. The highest BCUT2D eigenvalue weighted by molar-refractivity contribution is 5.76. The minimum absolute atomic E-state index is 0.00587. The van der Waals surface area contributed by atoms with Gasteiger partial charge in [-0.2, -0.15) is 0 Å². The summed E-state index contributed by atoms with van der Waals surface area (Å²) in [5.74, 6) is -0.325. The topological polar surface area (TPSA) is 89.8 Å². The fourth-order valence-electron chi connectivity index (χ4n) is 7.59. The van der Waals surface area contributed by atoms with Gasteiger partial charge in [0.15, 0.2) is 0 Å². The molecule has 0 aromatic rings. The summed E-state index contributed by atoms with van der Waals surface area (Å²) >= 11 is 0. The maximum Gasteiger partial charge on any atom is 0.222 e. The van der Waals surface area contributed by atoms with Gasteiger partial charge in [0.2, 0.25) is 5.91 Å². The van der Waals surface area contributed by atoms with Crippen molar-refractivity contribution in [3.63, 3.8) is 0 Å². The van der Waals surface area contributed by atoms with Gasteiger partial charge in [0.25, 0.3) is 0 Å². The van der Waals surface area contributed by atoms with E-state index in [1.54, 1.807) is 6.08 Å². The van der Waals surface area contributed by atoms with E-state index in [1.165, 1.54) is 199 Å². The third-order valence-corrected chi connectivity index (χ3v) is 11.4. The van der Waals surface area contributed by atoms with Crippen LogP contribution in [0.5, 0.6) is 0 Å². The number of aliphatic hydroxyl groups is 3. The van der Waals surface area contributed by atoms with Crippen LogP contribution in [-0.2, 0) is 4.79 Å². The molecule has 1 amide bonds. The Labute approximate surface area is 349 Å². The Balaban J connectivity index is 3.61. The van der Waals surface area contributed by atoms with Gasteiger partial charge < -0.3 is 20.6 Å². The molecule has 0 aliphatic carbocycles. The van der Waals surface area contributed by atoms with Crippen molar-refractivity contribution in [2.45, 2.75) is 276 Å². The van der Waals surface area contributed by atoms with Crippen LogP contribution in [0.4, 0.5) is 0 Å². The van der Waals surface area contributed by atoms with Crippen molar-refractivity contribution in [3.8, 4) is 0 Å². The van der Waals surface area contributed by atoms with Gasteiger partial charge in [0.05, 0.1) is 31.3 Å². The number of allylic oxidation sites excluding steroid dienone is 5. The molecule has 330 valence electrons. The predicted octanol–water partition coefficient (Wildman–Crippen LogP) is 14.7. The normalized spacial score (nSPS) is 13.7. The van der Waals surface area contributed by atoms with Gasteiger partial charge in [-0.1, -0.05) is 230 Å². The largest absolute Gasteiger partial charge is 0.394 e. The third kappa shape index (κ3) is 42.2. The maximum absolute atomic E-state index is 12.5. The summed E-state index contributed by atoms with van der Waals surface area (Å²) in [6, 6.07) is -0.760. The highest BCUT2D eigenvalue weighted by atomic mass is 16.3. The van der Waals surface area contributed by atoms with Gasteiger partial charge in [-0.3, -0.25) is 4.79 Å². The van der Waals surface area contributed by atoms with Crippen LogP contribution < -0.4 is 5.32 Å². The van der Waals surface area contributed by atoms with Gasteiger partial charge in [-0.25, -0.2) is 0 Å². The molecule has 56 heavy (non-hydrogen) atoms. The first-order valence-corrected chi connectivity index (χ1v) is 24.8. The molecule has 3 atom stereocenters. The SMILES string of the molecule is CCCCCCCCCCC/C=C/CC/C=C/C(O)C(CO)NC(=O)CC(O)CCCCCCCCCCCC/C=C\CCCCCCCCCCCCCC. The van der Waals surface area contributed by atoms with Crippen LogP contribution in [0.2, 0.25) is 0 Å². The Hall–Kier alpha value is -1.43. The molecule has 0 fully saturated rings. The second kappa shape index (κ2) is 46.3. The van der Waals surface area contributed by atoms with Gasteiger partial charge in [0.1, 0.15) is 0 Å². The fraction of sp³-hybridized carbons (Fsp3) is 0.863. The number of amides is 1. The monoisotopic (exact) mass is 788 g/mol. The number of rotatable bonds is 45. The fourth-order valence-corrected chi connectivity index (χ4v) is 7.59. The lowest BCUT2D eigenvalue weighted by molar-refractivity contribution is -0.124. The summed E-state index contributed by atoms with van der Waals surface area (Å²) in [5.41, 5.74) is 0. The molecule has 0 saturated carbocycles. The molecule has 5 nitrogen and oxygen atoms in total. The average molecular weight is 788 g/mol. The van der Waals surface area contributed by atoms with Gasteiger partial charge in [-0.15, -0.1) is 0 Å². The first kappa shape index (κ1) is 54.6. The van der Waals surface area contributed by atoms with E-state index in [-0.39, 0.29) is 18.9 Å². The van der Waals surface area contributed by atoms with Crippen molar-refractivity contribution in [2.24, 2.45) is 0 Å². The Morgan fingerprint density at radius 3 is 1.14 bits per heavy atom. The summed E-state index contributed by atoms with van der Waals surface area (Å²) in [4.78, 5) is 12.5. The summed E-state index contributed by atoms with van der Waals surface area (Å²) in [5, 5.41) is 33.3. The molecule has 0 aromatic carbocycles. The first-order valence-electron chi connectivity index (χ1n) is 24.8. The first-order chi connectivity index (χ1) is 27.5. The molecule has 0 heterocycles. The van der Waals surface area contributed by atoms with E-state index in [0.717, 1.165) is 32.1 Å². The molecule has 0 rings (SSSR count). The summed E-state index contributed by atoms with van der Waals surface area (Å²) in [6.45, 7) is 4.21. The van der Waals surface area contributed by atoms with E-state index in [9.17, 15) is 20.1 Å². The minimum atomic E-state index is -0.951. The van der Waals surface area contributed by atoms with Crippen LogP contribution in [0.3, 0.4) is 0 Å². The second-order valence-electron chi connectivity index (χ2n) is 17.1. The Morgan fingerprint density at radius 2 is 0.768 bits per heavy atom. The Morgan fingerprint density at radius 1 is 0.446 bits per heavy atom. The molecule has 0 saturated heterocycles. The minimum Gasteiger partial charge on any atom is -0.394 e. The van der Waals surface area contributed by atoms with Crippen molar-refractivity contribution < 1.29 is 20.1 Å². The van der Waals surface area contributed by atoms with E-state index < -0.39 is 18.2 Å². The number of nitrogens with one attached hydrogen (secondary N) is 1. The highest BCUT2D eigenvalue weighted by Crippen LogP contribution is 2.16. The van der Waals surface area contributed by atoms with Crippen LogP contribution >= 0.6 is 0 Å². The molecule has 0 spiro atoms. The molecule has 4 N–H and O–H groups in total. The highest BCUT2D eigenvalue weighted by Gasteiger charge is 2.20. The standard InChI is InChI=1S/C51H97NO4/c1-3-5-7-9-11-13-15-17-19-20-21-22-23-24-25-26-27-28-29-31-32-34-36-38-40-42-44-48(54)46-51(56)52-49(47-53)50(55)45-43-41-39-37-35-33-30-18-16-14-12-10-8-6-4-2/h24-25,35,37,43,45,48-50,53-55H,3-23,26-34,36,38-42,44,46-47H2,1-2H3,(H,52,56)/b25-24-,37-35+,45-43+. The zero-order chi connectivity index (χ0) is 40.8. The number of carbonyl (C=O) groups excluding carboxylic acids is 1. The molecule has 0 bridgehead atoms. The average Bonchev–Trinajstić information content (AvgIpc) is 3.19. The van der Waals surface area contributed by atoms with Crippen LogP contribution in [0.1, 0.15) is 258 Å². The zero-order valence-corrected chi connectivity index (χ0v) is 37.5. The van der Waals surface area contributed by atoms with Gasteiger partial charge in [-0.05, 0) is 57.8 Å². The molecular formula is C51H97NO4. The van der Waals surface area contributed by atoms with Crippen LogP contribution in [0.15, 0.2) is 36.5 Å². The Kier molecular flexibility index (Phi) is 45.1. The smallest absolute Gasteiger partial charge is 0.222 e. The van der Waals surface area contributed by atoms with Crippen molar-refractivity contribution in [2.75, 3.05) is 6.61 Å². The van der Waals surface area contributed by atoms with E-state index >= 15 is 0 Å². The van der Waals surface area contributed by atoms with Crippen LogP contribution in [-0.4, -0.2) is 46.1 Å². The predicted molar refractivity (Wildman–Crippen MR) is 245 cm³/mol. The van der Waals surface area contributed by atoms with E-state index in [4.69, 9.17) is 0 Å². The van der Waals surface area contributed by atoms with E-state index in [2.05, 4.69) is 43.5 Å². The molecule has 0 aliphatic heterocycles. The second-order valence-corrected chi connectivity index (χ2v) is 17.1. The van der Waals surface area contributed by atoms with E-state index in [1.807, 2.05) is 6.08 Å². The van der Waals surface area contributed by atoms with Gasteiger partial charge >= 0.3 is 0 Å². The summed E-state index contributed by atoms with van der Waals surface area (Å²) in [6.07, 6.45) is 58.8. The molecule has 0 aromatic heterocycles. The molecule has 5 heteroatoms. The maximum atomic E-state index is 12.5. The van der Waals surface area contributed by atoms with Crippen molar-refractivity contribution in [1.82, 2.24) is 5.32 Å². The lowest BCUT2D eigenvalue weighted by Crippen LogP contribution is -2.45. The van der Waals surface area contributed by atoms with Crippen molar-refractivity contribution >= 4 is 5.91 Å². The number of unbranched alkanes of at least 4 members (excludes halogenated alkanes) is 32. The zero-order valence-electron chi connectivity index (χ0n) is 37.5. The van der Waals surface area contributed by atoms with E-state index in [0.29, 0.717) is 6.42 Å². The number of hydrogen-bond acceptors (Lipinski definition) is 4. The van der Waals surface area contributed by atoms with Crippen LogP contribution in [0.25, 0.3) is 0 Å². The molecule has 0 aliphatic rings. The number of carbonyl (C=O) groups is 1. The quantitative estimate of drug-likeness (QED) is 0.0365. The third-order valence-electron chi connectivity index (χ3n) is 11.4. The lowest BCUT2D eigenvalue weighted by Gasteiger charge is -2.21. The van der Waals surface area contributed by atoms with Crippen molar-refractivity contribution in [3.05, 3.63) is 36.5 Å². The summed E-state index contributed by atoms with van der Waals surface area (Å²) in [7, 11) is 0. The lowest BCUT2D eigenvalue weighted by atomic mass is 10.0. The van der Waals surface area contributed by atoms with Gasteiger partial charge in [0, 0.05) is 0 Å². The molecule has 3 unspecified atom stereocenters. The van der Waals surface area contributed by atoms with Crippen LogP contribution in [0, 0.1) is 0 Å². The van der Waals surface area contributed by atoms with Crippen molar-refractivity contribution in [1.29, 1.82) is 0 Å². The summed E-state index contributed by atoms with van der Waals surface area (Å²) < 4.78 is 0. The number of aliphatic hydroxyl groups excluding tert-OH is 3. The Bertz CT molecular complexity index is 870. The molecule has 0 radical (unpaired) electrons. The number of hydrogen-bond donors (Lipinski definition) is 4.